The van der Waals surface area contributed by atoms with E-state index in [0.29, 0.717) is 12.4 Å². The zero-order valence-corrected chi connectivity index (χ0v) is 11.9. The fourth-order valence-corrected chi connectivity index (χ4v) is 3.01. The Morgan fingerprint density at radius 1 is 1.40 bits per heavy atom. The van der Waals surface area contributed by atoms with Crippen molar-refractivity contribution in [3.63, 3.8) is 0 Å². The molecule has 0 aliphatic carbocycles. The van der Waals surface area contributed by atoms with Crippen LogP contribution in [0.1, 0.15) is 28.8 Å². The van der Waals surface area contributed by atoms with E-state index in [-0.39, 0.29) is 17.5 Å². The number of nitrogens with one attached hydrogen (secondary N) is 1. The van der Waals surface area contributed by atoms with Crippen molar-refractivity contribution in [3.05, 3.63) is 47.1 Å². The van der Waals surface area contributed by atoms with E-state index in [1.807, 2.05) is 18.2 Å². The second-order valence-corrected chi connectivity index (χ2v) is 7.14. The largest absolute Gasteiger partial charge is 0.339 e. The molecule has 20 heavy (non-hydrogen) atoms. The average Bonchev–Trinajstić information content (AvgIpc) is 2.84. The molecule has 1 aliphatic rings. The Labute approximate surface area is 117 Å². The van der Waals surface area contributed by atoms with Crippen LogP contribution >= 0.6 is 0 Å². The number of aromatic nitrogens is 2. The summed E-state index contributed by atoms with van der Waals surface area (Å²) >= 11 is 0. The third kappa shape index (κ3) is 2.73. The van der Waals surface area contributed by atoms with Crippen LogP contribution in [0.3, 0.4) is 0 Å². The Hall–Kier alpha value is -1.73. The molecule has 1 aromatic carbocycles. The highest BCUT2D eigenvalue weighted by molar-refractivity contribution is 7.89. The Bertz CT molecular complexity index is 724. The zero-order chi connectivity index (χ0) is 14.2. The fourth-order valence-electron chi connectivity index (χ4n) is 2.42. The van der Waals surface area contributed by atoms with E-state index >= 15 is 0 Å². The van der Waals surface area contributed by atoms with Crippen molar-refractivity contribution in [2.75, 3.05) is 12.8 Å². The highest BCUT2D eigenvalue weighted by atomic mass is 32.2. The predicted octanol–water partition coefficient (Wildman–Crippen LogP) is 0.849. The van der Waals surface area contributed by atoms with Gasteiger partial charge in [-0.15, -0.1) is 0 Å². The van der Waals surface area contributed by atoms with Gasteiger partial charge in [0.25, 0.3) is 0 Å². The van der Waals surface area contributed by atoms with Gasteiger partial charge in [0.05, 0.1) is 5.92 Å². The standard InChI is InChI=1S/C13H15N3O3S/c1-20(17,18)8-12-15-13(19-16-12)11-7-14-6-9-4-2-3-5-10(9)11/h2-5,11,14H,6-8H2,1H3. The minimum absolute atomic E-state index is 0.0271. The molecule has 0 bridgehead atoms. The summed E-state index contributed by atoms with van der Waals surface area (Å²) in [6, 6.07) is 8.07. The van der Waals surface area contributed by atoms with Crippen LogP contribution in [0.5, 0.6) is 0 Å². The maximum atomic E-state index is 11.3. The summed E-state index contributed by atoms with van der Waals surface area (Å²) < 4.78 is 27.7. The molecule has 106 valence electrons. The Balaban J connectivity index is 1.91. The van der Waals surface area contributed by atoms with Crippen molar-refractivity contribution in [2.24, 2.45) is 0 Å². The third-order valence-corrected chi connectivity index (χ3v) is 4.05. The van der Waals surface area contributed by atoms with Crippen LogP contribution in [0.2, 0.25) is 0 Å². The third-order valence-electron chi connectivity index (χ3n) is 3.27. The Kier molecular flexibility index (Phi) is 3.31. The summed E-state index contributed by atoms with van der Waals surface area (Å²) in [5.74, 6) is 0.452. The van der Waals surface area contributed by atoms with Gasteiger partial charge in [0.2, 0.25) is 5.89 Å². The second kappa shape index (κ2) is 4.99. The van der Waals surface area contributed by atoms with E-state index in [2.05, 4.69) is 21.5 Å². The smallest absolute Gasteiger partial charge is 0.235 e. The van der Waals surface area contributed by atoms with Gasteiger partial charge in [0, 0.05) is 19.3 Å². The van der Waals surface area contributed by atoms with Gasteiger partial charge in [-0.25, -0.2) is 8.42 Å². The lowest BCUT2D eigenvalue weighted by Gasteiger charge is -2.23. The molecule has 1 aromatic heterocycles. The first-order valence-electron chi connectivity index (χ1n) is 6.31. The van der Waals surface area contributed by atoms with Gasteiger partial charge in [0.15, 0.2) is 15.7 Å². The van der Waals surface area contributed by atoms with Crippen molar-refractivity contribution in [3.8, 4) is 0 Å². The molecule has 7 heteroatoms. The van der Waals surface area contributed by atoms with Crippen molar-refractivity contribution < 1.29 is 12.9 Å². The van der Waals surface area contributed by atoms with Crippen LogP contribution < -0.4 is 5.32 Å². The van der Waals surface area contributed by atoms with E-state index in [4.69, 9.17) is 4.52 Å². The molecule has 6 nitrogen and oxygen atoms in total. The van der Waals surface area contributed by atoms with Crippen LogP contribution in [0.4, 0.5) is 0 Å². The lowest BCUT2D eigenvalue weighted by Crippen LogP contribution is -2.28. The van der Waals surface area contributed by atoms with E-state index < -0.39 is 9.84 Å². The first-order chi connectivity index (χ1) is 9.53. The van der Waals surface area contributed by atoms with E-state index in [1.54, 1.807) is 0 Å². The van der Waals surface area contributed by atoms with Gasteiger partial charge in [-0.1, -0.05) is 29.4 Å². The first kappa shape index (κ1) is 13.3. The summed E-state index contributed by atoms with van der Waals surface area (Å²) in [6.07, 6.45) is 1.15. The van der Waals surface area contributed by atoms with E-state index in [0.717, 1.165) is 18.4 Å². The molecule has 0 radical (unpaired) electrons. The number of nitrogens with zero attached hydrogens (tertiary/aromatic N) is 2. The summed E-state index contributed by atoms with van der Waals surface area (Å²) in [6.45, 7) is 1.52. The van der Waals surface area contributed by atoms with Crippen molar-refractivity contribution in [1.29, 1.82) is 0 Å². The molecule has 0 saturated heterocycles. The number of rotatable bonds is 3. The molecule has 1 unspecified atom stereocenters. The van der Waals surface area contributed by atoms with Gasteiger partial charge < -0.3 is 9.84 Å². The summed E-state index contributed by atoms with van der Waals surface area (Å²) in [7, 11) is -3.16. The predicted molar refractivity (Wildman–Crippen MR) is 72.8 cm³/mol. The highest BCUT2D eigenvalue weighted by Gasteiger charge is 2.26. The van der Waals surface area contributed by atoms with Gasteiger partial charge in [0.1, 0.15) is 5.75 Å². The Morgan fingerprint density at radius 2 is 2.20 bits per heavy atom. The van der Waals surface area contributed by atoms with Crippen LogP contribution in [0.15, 0.2) is 28.8 Å². The lowest BCUT2D eigenvalue weighted by molar-refractivity contribution is 0.353. The summed E-state index contributed by atoms with van der Waals surface area (Å²) in [4.78, 5) is 4.22. The van der Waals surface area contributed by atoms with Gasteiger partial charge in [-0.3, -0.25) is 0 Å². The zero-order valence-electron chi connectivity index (χ0n) is 11.0. The van der Waals surface area contributed by atoms with Crippen LogP contribution in [-0.4, -0.2) is 31.4 Å². The molecule has 0 spiro atoms. The lowest BCUT2D eigenvalue weighted by atomic mass is 9.91. The van der Waals surface area contributed by atoms with Crippen molar-refractivity contribution in [1.82, 2.24) is 15.5 Å². The van der Waals surface area contributed by atoms with Gasteiger partial charge >= 0.3 is 0 Å². The number of hydrogen-bond acceptors (Lipinski definition) is 6. The first-order valence-corrected chi connectivity index (χ1v) is 8.38. The number of sulfone groups is 1. The minimum atomic E-state index is -3.16. The minimum Gasteiger partial charge on any atom is -0.339 e. The van der Waals surface area contributed by atoms with Gasteiger partial charge in [-0.05, 0) is 11.1 Å². The summed E-state index contributed by atoms with van der Waals surface area (Å²) in [5, 5.41) is 7.06. The van der Waals surface area contributed by atoms with Crippen molar-refractivity contribution in [2.45, 2.75) is 18.2 Å². The fraction of sp³-hybridized carbons (Fsp3) is 0.385. The molecule has 2 aromatic rings. The molecule has 1 aliphatic heterocycles. The summed E-state index contributed by atoms with van der Waals surface area (Å²) in [5.41, 5.74) is 2.35. The maximum Gasteiger partial charge on any atom is 0.235 e. The molecular formula is C13H15N3O3S. The van der Waals surface area contributed by atoms with Crippen LogP contribution in [-0.2, 0) is 22.1 Å². The molecule has 0 fully saturated rings. The normalized spacial score (nSPS) is 18.8. The molecule has 1 atom stereocenters. The number of fused-ring (bicyclic) bond motifs is 1. The number of benzene rings is 1. The molecular weight excluding hydrogens is 278 g/mol. The van der Waals surface area contributed by atoms with Crippen molar-refractivity contribution >= 4 is 9.84 Å². The quantitative estimate of drug-likeness (QED) is 0.903. The SMILES string of the molecule is CS(=O)(=O)Cc1noc(C2CNCc3ccccc32)n1. The molecule has 2 heterocycles. The topological polar surface area (TPSA) is 85.1 Å². The van der Waals surface area contributed by atoms with E-state index in [1.165, 1.54) is 5.56 Å². The Morgan fingerprint density at radius 3 is 3.00 bits per heavy atom. The monoisotopic (exact) mass is 293 g/mol. The second-order valence-electron chi connectivity index (χ2n) is 5.00. The number of hydrogen-bond donors (Lipinski definition) is 1. The maximum absolute atomic E-state index is 11.3. The molecule has 3 rings (SSSR count). The average molecular weight is 293 g/mol. The van der Waals surface area contributed by atoms with Gasteiger partial charge in [-0.2, -0.15) is 4.98 Å². The van der Waals surface area contributed by atoms with Crippen LogP contribution in [0.25, 0.3) is 0 Å². The molecule has 1 N–H and O–H groups in total. The molecule has 0 amide bonds. The molecule has 0 saturated carbocycles. The highest BCUT2D eigenvalue weighted by Crippen LogP contribution is 2.28. The van der Waals surface area contributed by atoms with E-state index in [9.17, 15) is 8.42 Å². The van der Waals surface area contributed by atoms with Crippen LogP contribution in [0, 0.1) is 0 Å².